The molecule has 1 aromatic carbocycles. The summed E-state index contributed by atoms with van der Waals surface area (Å²) in [6.45, 7) is 2.09. The van der Waals surface area contributed by atoms with E-state index < -0.39 is 4.92 Å². The maximum absolute atomic E-state index is 10.6. The Balaban J connectivity index is 2.90. The standard InChI is InChI=1S/C9H12N2O3/c1-7(6-10)14-9-5-3-2-4-8(9)11(12)13/h2-5,7H,6,10H2,1H3. The van der Waals surface area contributed by atoms with Gasteiger partial charge in [-0.15, -0.1) is 0 Å². The van der Waals surface area contributed by atoms with E-state index in [1.807, 2.05) is 0 Å². The van der Waals surface area contributed by atoms with Gasteiger partial charge in [0.25, 0.3) is 0 Å². The van der Waals surface area contributed by atoms with Gasteiger partial charge in [0.15, 0.2) is 5.75 Å². The number of para-hydroxylation sites is 2. The van der Waals surface area contributed by atoms with Gasteiger partial charge in [-0.25, -0.2) is 0 Å². The Kier molecular flexibility index (Phi) is 3.41. The Morgan fingerprint density at radius 2 is 2.21 bits per heavy atom. The highest BCUT2D eigenvalue weighted by Crippen LogP contribution is 2.26. The summed E-state index contributed by atoms with van der Waals surface area (Å²) in [5.41, 5.74) is 5.32. The minimum atomic E-state index is -0.474. The minimum Gasteiger partial charge on any atom is -0.482 e. The molecular formula is C9H12N2O3. The van der Waals surface area contributed by atoms with Crippen molar-refractivity contribution in [2.45, 2.75) is 13.0 Å². The number of ether oxygens (including phenoxy) is 1. The molecule has 0 heterocycles. The lowest BCUT2D eigenvalue weighted by atomic mass is 10.3. The lowest BCUT2D eigenvalue weighted by Gasteiger charge is -2.11. The third kappa shape index (κ3) is 2.43. The SMILES string of the molecule is CC(CN)Oc1ccccc1[N+](=O)[O-]. The average Bonchev–Trinajstić information content (AvgIpc) is 2.18. The molecular weight excluding hydrogens is 184 g/mol. The maximum Gasteiger partial charge on any atom is 0.310 e. The maximum atomic E-state index is 10.6. The number of rotatable bonds is 4. The number of hydrogen-bond acceptors (Lipinski definition) is 4. The van der Waals surface area contributed by atoms with Gasteiger partial charge < -0.3 is 10.5 Å². The van der Waals surface area contributed by atoms with E-state index in [9.17, 15) is 10.1 Å². The van der Waals surface area contributed by atoms with Crippen molar-refractivity contribution in [1.82, 2.24) is 0 Å². The van der Waals surface area contributed by atoms with Crippen molar-refractivity contribution in [3.8, 4) is 5.75 Å². The van der Waals surface area contributed by atoms with Gasteiger partial charge in [0, 0.05) is 12.6 Å². The van der Waals surface area contributed by atoms with Crippen LogP contribution in [0, 0.1) is 10.1 Å². The molecule has 0 aliphatic carbocycles. The molecule has 14 heavy (non-hydrogen) atoms. The molecule has 0 fully saturated rings. The highest BCUT2D eigenvalue weighted by Gasteiger charge is 2.15. The Labute approximate surface area is 81.6 Å². The first kappa shape index (κ1) is 10.5. The number of nitro groups is 1. The monoisotopic (exact) mass is 196 g/mol. The van der Waals surface area contributed by atoms with Crippen molar-refractivity contribution in [2.75, 3.05) is 6.54 Å². The van der Waals surface area contributed by atoms with Gasteiger partial charge in [0.1, 0.15) is 6.10 Å². The largest absolute Gasteiger partial charge is 0.482 e. The highest BCUT2D eigenvalue weighted by molar-refractivity contribution is 5.45. The average molecular weight is 196 g/mol. The Bertz CT molecular complexity index is 328. The quantitative estimate of drug-likeness (QED) is 0.581. The second-order valence-corrected chi connectivity index (χ2v) is 2.89. The normalized spacial score (nSPS) is 12.1. The van der Waals surface area contributed by atoms with Crippen molar-refractivity contribution in [3.63, 3.8) is 0 Å². The van der Waals surface area contributed by atoms with Crippen LogP contribution in [-0.4, -0.2) is 17.6 Å². The molecule has 0 aliphatic rings. The molecule has 5 nitrogen and oxygen atoms in total. The number of nitro benzene ring substituents is 1. The summed E-state index contributed by atoms with van der Waals surface area (Å²) >= 11 is 0. The smallest absolute Gasteiger partial charge is 0.310 e. The second-order valence-electron chi connectivity index (χ2n) is 2.89. The van der Waals surface area contributed by atoms with Crippen LogP contribution in [0.1, 0.15) is 6.92 Å². The van der Waals surface area contributed by atoms with Gasteiger partial charge in [-0.3, -0.25) is 10.1 Å². The van der Waals surface area contributed by atoms with Crippen molar-refractivity contribution < 1.29 is 9.66 Å². The number of hydrogen-bond donors (Lipinski definition) is 1. The van der Waals surface area contributed by atoms with Crippen LogP contribution < -0.4 is 10.5 Å². The van der Waals surface area contributed by atoms with Gasteiger partial charge in [0.05, 0.1) is 4.92 Å². The van der Waals surface area contributed by atoms with Crippen molar-refractivity contribution in [3.05, 3.63) is 34.4 Å². The Morgan fingerprint density at radius 1 is 1.57 bits per heavy atom. The van der Waals surface area contributed by atoms with E-state index in [0.717, 1.165) is 0 Å². The summed E-state index contributed by atoms with van der Waals surface area (Å²) in [6.07, 6.45) is -0.226. The summed E-state index contributed by atoms with van der Waals surface area (Å²) in [5.74, 6) is 0.260. The van der Waals surface area contributed by atoms with Crippen LogP contribution in [0.4, 0.5) is 5.69 Å². The molecule has 1 rings (SSSR count). The minimum absolute atomic E-state index is 0.0344. The molecule has 0 aromatic heterocycles. The summed E-state index contributed by atoms with van der Waals surface area (Å²) in [4.78, 5) is 10.1. The van der Waals surface area contributed by atoms with Crippen LogP contribution in [0.15, 0.2) is 24.3 Å². The van der Waals surface area contributed by atoms with Gasteiger partial charge in [-0.2, -0.15) is 0 Å². The number of nitrogens with zero attached hydrogens (tertiary/aromatic N) is 1. The first-order chi connectivity index (χ1) is 6.65. The fourth-order valence-corrected chi connectivity index (χ4v) is 0.973. The van der Waals surface area contributed by atoms with Gasteiger partial charge >= 0.3 is 5.69 Å². The zero-order valence-electron chi connectivity index (χ0n) is 7.84. The Morgan fingerprint density at radius 3 is 2.79 bits per heavy atom. The van der Waals surface area contributed by atoms with Crippen molar-refractivity contribution >= 4 is 5.69 Å². The van der Waals surface area contributed by atoms with Crippen LogP contribution in [0.25, 0.3) is 0 Å². The Hall–Kier alpha value is -1.62. The molecule has 0 saturated heterocycles. The first-order valence-electron chi connectivity index (χ1n) is 4.25. The van der Waals surface area contributed by atoms with Gasteiger partial charge in [-0.05, 0) is 13.0 Å². The molecule has 0 saturated carbocycles. The van der Waals surface area contributed by atoms with E-state index in [1.165, 1.54) is 6.07 Å². The molecule has 1 aromatic rings. The third-order valence-corrected chi connectivity index (χ3v) is 1.72. The molecule has 2 N–H and O–H groups in total. The summed E-state index contributed by atoms with van der Waals surface area (Å²) in [6, 6.07) is 6.24. The fourth-order valence-electron chi connectivity index (χ4n) is 0.973. The fraction of sp³-hybridized carbons (Fsp3) is 0.333. The van der Waals surface area contributed by atoms with Crippen LogP contribution in [0.5, 0.6) is 5.75 Å². The van der Waals surface area contributed by atoms with E-state index in [-0.39, 0.29) is 17.5 Å². The zero-order chi connectivity index (χ0) is 10.6. The summed E-state index contributed by atoms with van der Waals surface area (Å²) in [5, 5.41) is 10.6. The molecule has 1 atom stereocenters. The molecule has 0 radical (unpaired) electrons. The summed E-state index contributed by atoms with van der Waals surface area (Å²) < 4.78 is 5.29. The van der Waals surface area contributed by atoms with E-state index in [0.29, 0.717) is 6.54 Å². The van der Waals surface area contributed by atoms with Crippen molar-refractivity contribution in [1.29, 1.82) is 0 Å². The highest BCUT2D eigenvalue weighted by atomic mass is 16.6. The summed E-state index contributed by atoms with van der Waals surface area (Å²) in [7, 11) is 0. The second kappa shape index (κ2) is 4.57. The zero-order valence-corrected chi connectivity index (χ0v) is 7.84. The van der Waals surface area contributed by atoms with E-state index in [2.05, 4.69) is 0 Å². The van der Waals surface area contributed by atoms with Crippen LogP contribution in [0.2, 0.25) is 0 Å². The predicted octanol–water partition coefficient (Wildman–Crippen LogP) is 1.32. The van der Waals surface area contributed by atoms with Gasteiger partial charge in [-0.1, -0.05) is 12.1 Å². The molecule has 0 spiro atoms. The van der Waals surface area contributed by atoms with E-state index in [1.54, 1.807) is 25.1 Å². The number of nitrogens with two attached hydrogens (primary N) is 1. The van der Waals surface area contributed by atoms with E-state index in [4.69, 9.17) is 10.5 Å². The van der Waals surface area contributed by atoms with Crippen LogP contribution in [0.3, 0.4) is 0 Å². The molecule has 0 aliphatic heterocycles. The lowest BCUT2D eigenvalue weighted by Crippen LogP contribution is -2.23. The molecule has 76 valence electrons. The van der Waals surface area contributed by atoms with Crippen molar-refractivity contribution in [2.24, 2.45) is 5.73 Å². The predicted molar refractivity (Wildman–Crippen MR) is 52.2 cm³/mol. The molecule has 0 amide bonds. The van der Waals surface area contributed by atoms with Crippen LogP contribution in [-0.2, 0) is 0 Å². The topological polar surface area (TPSA) is 78.4 Å². The third-order valence-electron chi connectivity index (χ3n) is 1.72. The number of benzene rings is 1. The first-order valence-corrected chi connectivity index (χ1v) is 4.25. The molecule has 5 heteroatoms. The van der Waals surface area contributed by atoms with E-state index >= 15 is 0 Å². The molecule has 0 bridgehead atoms. The lowest BCUT2D eigenvalue weighted by molar-refractivity contribution is -0.386. The van der Waals surface area contributed by atoms with Gasteiger partial charge in [0.2, 0.25) is 0 Å². The van der Waals surface area contributed by atoms with Crippen LogP contribution >= 0.6 is 0 Å². The molecule has 1 unspecified atom stereocenters.